The molecule has 0 saturated heterocycles. The maximum atomic E-state index is 13.6. The van der Waals surface area contributed by atoms with Crippen molar-refractivity contribution in [3.8, 4) is 17.3 Å². The van der Waals surface area contributed by atoms with Crippen molar-refractivity contribution in [2.45, 2.75) is 38.0 Å². The van der Waals surface area contributed by atoms with E-state index in [1.165, 1.54) is 12.1 Å². The Labute approximate surface area is 213 Å². The number of hydrogen-bond acceptors (Lipinski definition) is 7. The van der Waals surface area contributed by atoms with Crippen LogP contribution in [0.2, 0.25) is 0 Å². The summed E-state index contributed by atoms with van der Waals surface area (Å²) in [5.41, 5.74) is 9.26. The maximum Gasteiger partial charge on any atom is 0.472 e. The van der Waals surface area contributed by atoms with Crippen molar-refractivity contribution in [2.24, 2.45) is 5.73 Å². The molecule has 0 unspecified atom stereocenters. The number of aromatic nitrogens is 4. The summed E-state index contributed by atoms with van der Waals surface area (Å²) in [6.45, 7) is 0.217. The third-order valence-corrected chi connectivity index (χ3v) is 7.07. The Morgan fingerprint density at radius 1 is 1.24 bits per heavy atom. The first kappa shape index (κ1) is 24.6. The van der Waals surface area contributed by atoms with Crippen molar-refractivity contribution < 1.29 is 18.0 Å². The number of fused-ring (bicyclic) bond motifs is 1. The van der Waals surface area contributed by atoms with E-state index in [1.54, 1.807) is 47.3 Å². The van der Waals surface area contributed by atoms with E-state index >= 15 is 0 Å². The van der Waals surface area contributed by atoms with Crippen molar-refractivity contribution >= 4 is 28.1 Å². The topological polar surface area (TPSA) is 114 Å². The molecule has 12 heteroatoms. The van der Waals surface area contributed by atoms with Crippen molar-refractivity contribution in [1.82, 2.24) is 20.0 Å². The van der Waals surface area contributed by atoms with Crippen molar-refractivity contribution in [3.05, 3.63) is 76.4 Å². The van der Waals surface area contributed by atoms with Gasteiger partial charge in [0.2, 0.25) is 0 Å². The lowest BCUT2D eigenvalue weighted by Crippen LogP contribution is -2.38. The number of amides is 1. The summed E-state index contributed by atoms with van der Waals surface area (Å²) in [6, 6.07) is 15.1. The molecular weight excluding hydrogens is 503 g/mol. The van der Waals surface area contributed by atoms with Gasteiger partial charge in [0.15, 0.2) is 5.13 Å². The fourth-order valence-electron chi connectivity index (χ4n) is 4.13. The first-order chi connectivity index (χ1) is 17.7. The maximum absolute atomic E-state index is 13.6. The molecule has 188 valence electrons. The fraction of sp³-hybridized carbons (Fsp3) is 0.240. The summed E-state index contributed by atoms with van der Waals surface area (Å²) < 4.78 is 42.3. The molecule has 1 aliphatic carbocycles. The molecule has 0 fully saturated rings. The minimum Gasteiger partial charge on any atom is -0.327 e. The van der Waals surface area contributed by atoms with Crippen molar-refractivity contribution in [2.75, 3.05) is 4.90 Å². The first-order valence-electron chi connectivity index (χ1n) is 11.4. The number of thiazole rings is 1. The fourth-order valence-corrected chi connectivity index (χ4v) is 5.35. The van der Waals surface area contributed by atoms with Crippen LogP contribution in [0.15, 0.2) is 54.7 Å². The Bertz CT molecular complexity index is 1490. The van der Waals surface area contributed by atoms with Crippen LogP contribution in [0.1, 0.15) is 28.1 Å². The van der Waals surface area contributed by atoms with Gasteiger partial charge >= 0.3 is 12.1 Å². The van der Waals surface area contributed by atoms with E-state index in [-0.39, 0.29) is 23.4 Å². The Balaban J connectivity index is 1.43. The number of nitriles is 1. The zero-order valence-electron chi connectivity index (χ0n) is 19.3. The minimum absolute atomic E-state index is 0.0255. The predicted molar refractivity (Wildman–Crippen MR) is 131 cm³/mol. The molecule has 1 aliphatic rings. The molecule has 0 aliphatic heterocycles. The van der Waals surface area contributed by atoms with Gasteiger partial charge in [0.25, 0.3) is 0 Å². The highest BCUT2D eigenvalue weighted by atomic mass is 32.1. The number of nitrogens with two attached hydrogens (primary N) is 1. The second kappa shape index (κ2) is 9.76. The number of nitrogens with zero attached hydrogens (tertiary/aromatic N) is 6. The molecule has 2 aromatic heterocycles. The number of halogens is 3. The molecule has 2 heterocycles. The third kappa shape index (κ3) is 5.23. The van der Waals surface area contributed by atoms with E-state index < -0.39 is 12.1 Å². The van der Waals surface area contributed by atoms with Crippen molar-refractivity contribution in [1.29, 1.82) is 5.26 Å². The Hall–Kier alpha value is -4.08. The van der Waals surface area contributed by atoms with Crippen LogP contribution in [-0.4, -0.2) is 38.1 Å². The normalized spacial score (nSPS) is 15.2. The van der Waals surface area contributed by atoms with Gasteiger partial charge in [-0.15, -0.1) is 16.4 Å². The van der Waals surface area contributed by atoms with E-state index in [2.05, 4.69) is 21.4 Å². The molecular formula is C25H20F3N7OS. The van der Waals surface area contributed by atoms with Gasteiger partial charge in [-0.3, -0.25) is 4.79 Å². The molecule has 0 radical (unpaired) electrons. The molecule has 8 nitrogen and oxygen atoms in total. The largest absolute Gasteiger partial charge is 0.472 e. The SMILES string of the molecule is N#Cc1ccc(-c2cn(Cc3cccc(N(C(=O)C(F)(F)F)c4nc5c(s4)C[C@H](N)CC5)c3)nn2)cc1. The van der Waals surface area contributed by atoms with Gasteiger partial charge in [0.1, 0.15) is 5.69 Å². The Morgan fingerprint density at radius 3 is 2.76 bits per heavy atom. The molecule has 1 atom stereocenters. The van der Waals surface area contributed by atoms with Crippen LogP contribution < -0.4 is 10.6 Å². The van der Waals surface area contributed by atoms with Crippen LogP contribution in [0.25, 0.3) is 11.3 Å². The molecule has 1 amide bonds. The van der Waals surface area contributed by atoms with E-state index in [0.717, 1.165) is 21.8 Å². The lowest BCUT2D eigenvalue weighted by atomic mass is 9.99. The zero-order chi connectivity index (χ0) is 26.2. The Kier molecular flexibility index (Phi) is 6.49. The molecule has 2 N–H and O–H groups in total. The number of benzene rings is 2. The number of carbonyl (C=O) groups is 1. The number of aryl methyl sites for hydroxylation is 1. The van der Waals surface area contributed by atoms with Gasteiger partial charge in [-0.1, -0.05) is 29.5 Å². The van der Waals surface area contributed by atoms with Crippen molar-refractivity contribution in [3.63, 3.8) is 0 Å². The van der Waals surface area contributed by atoms with Crippen LogP contribution in [0.3, 0.4) is 0 Å². The molecule has 37 heavy (non-hydrogen) atoms. The molecule has 0 spiro atoms. The zero-order valence-corrected chi connectivity index (χ0v) is 20.1. The van der Waals surface area contributed by atoms with Gasteiger partial charge < -0.3 is 5.73 Å². The lowest BCUT2D eigenvalue weighted by molar-refractivity contribution is -0.169. The van der Waals surface area contributed by atoms with Crippen LogP contribution in [0.5, 0.6) is 0 Å². The molecule has 2 aromatic carbocycles. The average molecular weight is 524 g/mol. The highest BCUT2D eigenvalue weighted by Crippen LogP contribution is 2.38. The number of rotatable bonds is 5. The summed E-state index contributed by atoms with van der Waals surface area (Å²) in [6.07, 6.45) is -1.60. The molecule has 5 rings (SSSR count). The average Bonchev–Trinajstić information content (AvgIpc) is 3.50. The van der Waals surface area contributed by atoms with Crippen LogP contribution in [0, 0.1) is 11.3 Å². The van der Waals surface area contributed by atoms with Crippen LogP contribution >= 0.6 is 11.3 Å². The highest BCUT2D eigenvalue weighted by Gasteiger charge is 2.45. The predicted octanol–water partition coefficient (Wildman–Crippen LogP) is 4.36. The Morgan fingerprint density at radius 2 is 2.03 bits per heavy atom. The van der Waals surface area contributed by atoms with E-state index in [1.807, 2.05) is 0 Å². The van der Waals surface area contributed by atoms with Crippen LogP contribution in [0.4, 0.5) is 24.0 Å². The number of alkyl halides is 3. The quantitative estimate of drug-likeness (QED) is 0.416. The van der Waals surface area contributed by atoms with Gasteiger partial charge in [0, 0.05) is 16.5 Å². The highest BCUT2D eigenvalue weighted by molar-refractivity contribution is 7.16. The summed E-state index contributed by atoms with van der Waals surface area (Å²) in [5.74, 6) is -2.01. The lowest BCUT2D eigenvalue weighted by Gasteiger charge is -2.21. The molecule has 0 bridgehead atoms. The smallest absolute Gasteiger partial charge is 0.327 e. The van der Waals surface area contributed by atoms with Gasteiger partial charge in [-0.25, -0.2) is 14.6 Å². The van der Waals surface area contributed by atoms with Gasteiger partial charge in [-0.2, -0.15) is 18.4 Å². The standard InChI is InChI=1S/C25H20F3N7OS/c26-25(27,28)23(36)35(24-31-20-9-8-18(30)11-22(20)37-24)19-3-1-2-16(10-19)13-34-14-21(32-33-34)17-6-4-15(12-29)5-7-17/h1-7,10,14,18H,8-9,11,13,30H2/t18-/m1/s1. The van der Waals surface area contributed by atoms with Crippen LogP contribution in [-0.2, 0) is 24.2 Å². The van der Waals surface area contributed by atoms with E-state index in [9.17, 15) is 18.0 Å². The van der Waals surface area contributed by atoms with E-state index in [4.69, 9.17) is 11.0 Å². The molecule has 0 saturated carbocycles. The summed E-state index contributed by atoms with van der Waals surface area (Å²) in [7, 11) is 0. The third-order valence-electron chi connectivity index (χ3n) is 5.97. The van der Waals surface area contributed by atoms with E-state index in [0.29, 0.717) is 46.7 Å². The summed E-state index contributed by atoms with van der Waals surface area (Å²) >= 11 is 1.07. The summed E-state index contributed by atoms with van der Waals surface area (Å²) in [4.78, 5) is 18.3. The molecule has 4 aromatic rings. The number of anilines is 2. The first-order valence-corrected chi connectivity index (χ1v) is 12.2. The second-order valence-corrected chi connectivity index (χ2v) is 9.73. The summed E-state index contributed by atoms with van der Waals surface area (Å²) in [5, 5.41) is 17.2. The minimum atomic E-state index is -5.08. The van der Waals surface area contributed by atoms with Gasteiger partial charge in [0.05, 0.1) is 35.8 Å². The number of carbonyl (C=O) groups excluding carboxylic acids is 1. The number of hydrogen-bond donors (Lipinski definition) is 1. The monoisotopic (exact) mass is 523 g/mol. The van der Waals surface area contributed by atoms with Gasteiger partial charge in [-0.05, 0) is 49.1 Å². The second-order valence-electron chi connectivity index (χ2n) is 8.67.